The number of aliphatic hydroxyl groups is 1. The van der Waals surface area contributed by atoms with Crippen LogP contribution in [0.1, 0.15) is 32.6 Å². The second-order valence-corrected chi connectivity index (χ2v) is 25.9. The first-order valence-corrected chi connectivity index (χ1v) is 26.5. The van der Waals surface area contributed by atoms with Gasteiger partial charge in [-0.3, -0.25) is 4.79 Å². The standard InChI is InChI=1S/C68H8ClNO2/c1-70(66(71)6-4-2-3-5-7(6)69)67-62-54-46-36-26-18-10-8-9-12-16-14(10)22-30-24(16)34-28-20(12)21-13(9)17-15-11(8)19(18)27-33-23(15)31-25(17)35-29(21)39-38(28)50-44(34)52-42(30)48(40(46)32(22)26)56(62)58(52)64-60(50)61-51(39)45(35)53-43(31)49-41(33)47(37(27)36)55(54)63(67)57(49)59(53)65(61)68(64,67)72/h2-5,72H,1H3. The molecule has 0 unspecified atom stereocenters. The molecule has 0 aromatic heterocycles. The Hall–Kier alpha value is -8.60. The summed E-state index contributed by atoms with van der Waals surface area (Å²) in [4.78, 5) is 18.5. The Kier molecular flexibility index (Phi) is 2.42. The summed E-state index contributed by atoms with van der Waals surface area (Å²) in [6, 6.07) is 7.66. The topological polar surface area (TPSA) is 40.5 Å². The molecule has 0 spiro atoms. The van der Waals surface area contributed by atoms with E-state index in [4.69, 9.17) is 11.6 Å². The van der Waals surface area contributed by atoms with E-state index in [1.54, 1.807) is 64.6 Å². The zero-order valence-electron chi connectivity index (χ0n) is 36.5. The molecule has 0 bridgehead atoms. The lowest BCUT2D eigenvalue weighted by atomic mass is 9.58. The van der Waals surface area contributed by atoms with Crippen molar-refractivity contribution < 1.29 is 9.90 Å². The molecular formula is C68H8ClNO2. The van der Waals surface area contributed by atoms with Gasteiger partial charge in [-0.15, -0.1) is 0 Å². The minimum atomic E-state index is -1.61. The quantitative estimate of drug-likeness (QED) is 0.176. The molecule has 0 heterocycles. The normalized spacial score (nSPS) is 21.4. The van der Waals surface area contributed by atoms with Crippen molar-refractivity contribution in [3.63, 3.8) is 0 Å². The van der Waals surface area contributed by atoms with Crippen molar-refractivity contribution in [1.82, 2.24) is 4.90 Å². The Morgan fingerprint density at radius 1 is 0.319 bits per heavy atom. The highest BCUT2D eigenvalue weighted by molar-refractivity contribution is 6.82. The third-order valence-electron chi connectivity index (χ3n) is 25.1. The maximum Gasteiger partial charge on any atom is 0.256 e. The van der Waals surface area contributed by atoms with Gasteiger partial charge in [0.1, 0.15) is 11.1 Å². The van der Waals surface area contributed by atoms with Crippen LogP contribution < -0.4 is 0 Å². The summed E-state index contributed by atoms with van der Waals surface area (Å²) in [5.74, 6) is -0.133. The average molecular weight is 906 g/mol. The minimum Gasteiger partial charge on any atom is -0.377 e. The fourth-order valence-electron chi connectivity index (χ4n) is 24.7. The van der Waals surface area contributed by atoms with Crippen molar-refractivity contribution >= 4 is 308 Å². The van der Waals surface area contributed by atoms with Crippen molar-refractivity contribution in [2.24, 2.45) is 0 Å². The van der Waals surface area contributed by atoms with Gasteiger partial charge in [-0.05, 0) is 303 Å². The number of benzene rings is 19. The molecule has 1 amide bonds. The molecule has 0 aliphatic heterocycles. The van der Waals surface area contributed by atoms with Gasteiger partial charge in [-0.2, -0.15) is 0 Å². The molecule has 0 fully saturated rings. The molecular weight excluding hydrogens is 898 g/mol. The van der Waals surface area contributed by atoms with Crippen LogP contribution in [0.4, 0.5) is 0 Å². The predicted octanol–water partition coefficient (Wildman–Crippen LogP) is 17.6. The van der Waals surface area contributed by atoms with Crippen LogP contribution in [-0.4, -0.2) is 23.0 Å². The molecule has 33 rings (SSSR count). The Labute approximate surface area is 396 Å². The summed E-state index contributed by atoms with van der Waals surface area (Å²) < 4.78 is 0. The lowest BCUT2D eigenvalue weighted by molar-refractivity contribution is -0.0481. The van der Waals surface area contributed by atoms with E-state index in [2.05, 4.69) is 11.9 Å². The third-order valence-corrected chi connectivity index (χ3v) is 25.5. The van der Waals surface area contributed by atoms with Gasteiger partial charge in [-0.25, -0.2) is 0 Å². The van der Waals surface area contributed by atoms with E-state index in [-0.39, 0.29) is 5.91 Å². The number of carbonyl (C=O) groups is 1. The number of likely N-dealkylation sites (N-methyl/N-ethyl adjacent to an activating group) is 1. The highest BCUT2D eigenvalue weighted by Crippen LogP contribution is 2.84. The average Bonchev–Trinajstić information content (AvgIpc) is 4.26. The Balaban J connectivity index is 1.15. The van der Waals surface area contributed by atoms with Gasteiger partial charge in [0.2, 0.25) is 0 Å². The molecule has 4 heteroatoms. The molecule has 0 radical (unpaired) electrons. The monoisotopic (exact) mass is 905 g/mol. The number of amides is 1. The highest BCUT2D eigenvalue weighted by atomic mass is 35.5. The molecule has 0 atom stereocenters. The lowest BCUT2D eigenvalue weighted by Gasteiger charge is -2.55. The smallest absolute Gasteiger partial charge is 0.256 e. The van der Waals surface area contributed by atoms with Gasteiger partial charge in [0.15, 0.2) is 0 Å². The lowest BCUT2D eigenvalue weighted by Crippen LogP contribution is -2.62. The number of halogens is 1. The van der Waals surface area contributed by atoms with Crippen LogP contribution in [0.15, 0.2) is 24.3 Å². The van der Waals surface area contributed by atoms with Crippen LogP contribution in [0.2, 0.25) is 5.02 Å². The van der Waals surface area contributed by atoms with Crippen LogP contribution in [0, 0.1) is 0 Å². The Morgan fingerprint density at radius 3 is 0.708 bits per heavy atom. The summed E-state index contributed by atoms with van der Waals surface area (Å²) in [7, 11) is 2.06. The summed E-state index contributed by atoms with van der Waals surface area (Å²) in [5.41, 5.74) is 2.17. The van der Waals surface area contributed by atoms with Gasteiger partial charge < -0.3 is 10.0 Å². The number of hydrogen-bond donors (Lipinski definition) is 1. The summed E-state index contributed by atoms with van der Waals surface area (Å²) in [6.07, 6.45) is 0. The van der Waals surface area contributed by atoms with Crippen molar-refractivity contribution in [2.75, 3.05) is 7.05 Å². The summed E-state index contributed by atoms with van der Waals surface area (Å²) in [6.45, 7) is 0. The second-order valence-electron chi connectivity index (χ2n) is 25.5. The van der Waals surface area contributed by atoms with Crippen LogP contribution >= 0.6 is 11.6 Å². The first-order valence-electron chi connectivity index (χ1n) is 26.1. The summed E-state index contributed by atoms with van der Waals surface area (Å²) in [5, 5.41) is 95.8. The van der Waals surface area contributed by atoms with Crippen LogP contribution in [-0.2, 0) is 11.1 Å². The largest absolute Gasteiger partial charge is 0.377 e. The highest BCUT2D eigenvalue weighted by Gasteiger charge is 2.72. The molecule has 4 aliphatic rings. The predicted molar refractivity (Wildman–Crippen MR) is 300 cm³/mol. The van der Waals surface area contributed by atoms with E-state index < -0.39 is 11.1 Å². The van der Waals surface area contributed by atoms with E-state index in [1.807, 2.05) is 24.3 Å². The summed E-state index contributed by atoms with van der Waals surface area (Å²) >= 11 is 7.22. The maximum atomic E-state index is 16.4. The van der Waals surface area contributed by atoms with Crippen molar-refractivity contribution in [2.45, 2.75) is 11.1 Å². The first kappa shape index (κ1) is 27.7. The van der Waals surface area contributed by atoms with E-state index in [0.29, 0.717) is 10.6 Å². The zero-order valence-corrected chi connectivity index (χ0v) is 37.2. The zero-order chi connectivity index (χ0) is 43.6. The molecule has 3 nitrogen and oxygen atoms in total. The second kappa shape index (κ2) is 6.29. The van der Waals surface area contributed by atoms with Gasteiger partial charge >= 0.3 is 0 Å². The van der Waals surface area contributed by atoms with Crippen molar-refractivity contribution in [3.8, 4) is 0 Å². The number of rotatable bonds is 2. The van der Waals surface area contributed by atoms with Gasteiger partial charge in [0.25, 0.3) is 5.91 Å². The SMILES string of the molecule is CN(C(=O)c1ccccc1Cl)C12c3c4c5c6c7c8c(c9c%10c1c1c3c3c%11c4c4c5c5c7c7c%12c8c8c9c9c%10c%10c1c1c3c3c%11c%11c4c4c5c7c5c7c%12c8c8c9c9c%10c1c1c3c3c%11c4c5c4c7c8c9c1c34)C62O. The first-order chi connectivity index (χ1) is 35.6. The number of hydrogen-bond acceptors (Lipinski definition) is 2. The molecule has 72 heavy (non-hydrogen) atoms. The Bertz CT molecular complexity index is 7300. The van der Waals surface area contributed by atoms with Crippen LogP contribution in [0.25, 0.3) is 291 Å². The molecule has 4 aliphatic carbocycles. The van der Waals surface area contributed by atoms with Gasteiger partial charge in [0.05, 0.1) is 10.6 Å². The molecule has 0 saturated heterocycles. The van der Waals surface area contributed by atoms with Crippen LogP contribution in [0.5, 0.6) is 0 Å². The number of carbonyl (C=O) groups excluding carboxylic acids is 1. The number of nitrogens with zero attached hydrogens (tertiary/aromatic N) is 1. The van der Waals surface area contributed by atoms with Crippen LogP contribution in [0.3, 0.4) is 0 Å². The third kappa shape index (κ3) is 1.48. The fraction of sp³-hybridized carbons (Fsp3) is 0.0441. The van der Waals surface area contributed by atoms with E-state index in [1.165, 1.54) is 237 Å². The van der Waals surface area contributed by atoms with Gasteiger partial charge in [0, 0.05) is 29.3 Å². The fourth-order valence-corrected chi connectivity index (χ4v) is 24.9. The van der Waals surface area contributed by atoms with E-state index in [9.17, 15) is 0 Å². The van der Waals surface area contributed by atoms with Crippen molar-refractivity contribution in [3.05, 3.63) is 57.1 Å². The molecule has 0 saturated carbocycles. The molecule has 29 aromatic rings. The maximum absolute atomic E-state index is 16.4. The Morgan fingerprint density at radius 2 is 0.500 bits per heavy atom. The molecule has 29 aromatic carbocycles. The van der Waals surface area contributed by atoms with E-state index in [0.717, 1.165) is 11.1 Å². The molecule has 1 N–H and O–H groups in total. The minimum absolute atomic E-state index is 0.133. The van der Waals surface area contributed by atoms with Crippen molar-refractivity contribution in [1.29, 1.82) is 0 Å². The molecule has 304 valence electrons. The van der Waals surface area contributed by atoms with E-state index >= 15 is 9.90 Å². The van der Waals surface area contributed by atoms with Gasteiger partial charge in [-0.1, -0.05) is 23.7 Å².